The van der Waals surface area contributed by atoms with Crippen LogP contribution in [0.4, 0.5) is 4.79 Å². The van der Waals surface area contributed by atoms with E-state index in [4.69, 9.17) is 16.3 Å². The molecule has 0 saturated carbocycles. The first-order valence-corrected chi connectivity index (χ1v) is 10.0. The van der Waals surface area contributed by atoms with Crippen LogP contribution in [0.5, 0.6) is 0 Å². The van der Waals surface area contributed by atoms with Gasteiger partial charge in [-0.3, -0.25) is 14.5 Å². The summed E-state index contributed by atoms with van der Waals surface area (Å²) in [6.45, 7) is 1.29. The summed E-state index contributed by atoms with van der Waals surface area (Å²) >= 11 is 6.32. The molecule has 0 aromatic heterocycles. The Bertz CT molecular complexity index is 881. The quantitative estimate of drug-likeness (QED) is 0.756. The number of carbonyl (C=O) groups excluding carboxylic acids is 3. The van der Waals surface area contributed by atoms with Crippen molar-refractivity contribution in [2.45, 2.75) is 25.0 Å². The molecular weight excluding hydrogens is 396 g/mol. The number of nitrogens with one attached hydrogen (secondary N) is 2. The lowest BCUT2D eigenvalue weighted by molar-refractivity contribution is -0.132. The number of urea groups is 1. The fourth-order valence-corrected chi connectivity index (χ4v) is 4.20. The molecule has 1 saturated heterocycles. The van der Waals surface area contributed by atoms with E-state index in [1.54, 1.807) is 25.2 Å². The number of halogens is 1. The molecule has 154 valence electrons. The second-order valence-electron chi connectivity index (χ2n) is 7.42. The van der Waals surface area contributed by atoms with Crippen LogP contribution < -0.4 is 10.6 Å². The van der Waals surface area contributed by atoms with E-state index < -0.39 is 6.04 Å². The number of benzene rings is 1. The van der Waals surface area contributed by atoms with Crippen LogP contribution in [0.3, 0.4) is 0 Å². The highest BCUT2D eigenvalue weighted by Gasteiger charge is 2.43. The predicted octanol–water partition coefficient (Wildman–Crippen LogP) is 1.43. The molecule has 0 radical (unpaired) electrons. The number of nitrogens with zero attached hydrogens (tertiary/aromatic N) is 2. The molecule has 0 spiro atoms. The van der Waals surface area contributed by atoms with Crippen molar-refractivity contribution in [3.05, 3.63) is 46.1 Å². The van der Waals surface area contributed by atoms with Crippen molar-refractivity contribution >= 4 is 29.4 Å². The molecule has 0 aliphatic carbocycles. The lowest BCUT2D eigenvalue weighted by atomic mass is 9.96. The average Bonchev–Trinajstić information content (AvgIpc) is 3.33. The minimum atomic E-state index is -0.644. The Hall–Kier alpha value is -2.58. The van der Waals surface area contributed by atoms with Crippen LogP contribution in [-0.4, -0.2) is 67.0 Å². The highest BCUT2D eigenvalue weighted by atomic mass is 35.5. The molecule has 3 aliphatic heterocycles. The van der Waals surface area contributed by atoms with Crippen molar-refractivity contribution in [1.82, 2.24) is 20.4 Å². The number of hydrogen-bond acceptors (Lipinski definition) is 4. The normalized spacial score (nSPS) is 24.1. The van der Waals surface area contributed by atoms with Crippen LogP contribution in [0.25, 0.3) is 0 Å². The van der Waals surface area contributed by atoms with Gasteiger partial charge in [-0.2, -0.15) is 0 Å². The predicted molar refractivity (Wildman–Crippen MR) is 106 cm³/mol. The number of ether oxygens (including phenoxy) is 1. The first-order valence-electron chi connectivity index (χ1n) is 9.65. The smallest absolute Gasteiger partial charge is 0.322 e. The van der Waals surface area contributed by atoms with Crippen LogP contribution in [0.1, 0.15) is 24.4 Å². The lowest BCUT2D eigenvalue weighted by Gasteiger charge is -2.31. The summed E-state index contributed by atoms with van der Waals surface area (Å²) in [6.07, 6.45) is 1.97. The minimum Gasteiger partial charge on any atom is -0.376 e. The molecule has 4 rings (SSSR count). The summed E-state index contributed by atoms with van der Waals surface area (Å²) in [7, 11) is 1.61. The maximum Gasteiger partial charge on any atom is 0.322 e. The Morgan fingerprint density at radius 3 is 2.86 bits per heavy atom. The molecule has 3 heterocycles. The van der Waals surface area contributed by atoms with Gasteiger partial charge in [-0.25, -0.2) is 4.79 Å². The summed E-state index contributed by atoms with van der Waals surface area (Å²) < 4.78 is 5.50. The fraction of sp³-hybridized carbons (Fsp3) is 0.450. The molecule has 8 nitrogen and oxygen atoms in total. The Balaban J connectivity index is 1.50. The van der Waals surface area contributed by atoms with Crippen molar-refractivity contribution in [3.63, 3.8) is 0 Å². The molecule has 0 bridgehead atoms. The van der Waals surface area contributed by atoms with E-state index in [0.717, 1.165) is 19.4 Å². The molecule has 2 unspecified atom stereocenters. The van der Waals surface area contributed by atoms with Gasteiger partial charge in [0.15, 0.2) is 0 Å². The Labute approximate surface area is 173 Å². The van der Waals surface area contributed by atoms with Crippen LogP contribution in [0, 0.1) is 0 Å². The lowest BCUT2D eigenvalue weighted by Crippen LogP contribution is -2.45. The zero-order chi connectivity index (χ0) is 20.5. The van der Waals surface area contributed by atoms with Crippen LogP contribution in [-0.2, 0) is 14.3 Å². The highest BCUT2D eigenvalue weighted by molar-refractivity contribution is 6.31. The first kappa shape index (κ1) is 19.7. The van der Waals surface area contributed by atoms with Crippen molar-refractivity contribution in [2.24, 2.45) is 0 Å². The van der Waals surface area contributed by atoms with Gasteiger partial charge in [-0.05, 0) is 24.5 Å². The summed E-state index contributed by atoms with van der Waals surface area (Å²) in [5.74, 6) is -0.519. The Kier molecular flexibility index (Phi) is 5.47. The van der Waals surface area contributed by atoms with E-state index in [0.29, 0.717) is 28.4 Å². The number of likely N-dealkylation sites (N-methyl/N-ethyl adjacent to an activating group) is 1. The Morgan fingerprint density at radius 1 is 1.34 bits per heavy atom. The van der Waals surface area contributed by atoms with E-state index in [-0.39, 0.29) is 37.0 Å². The SMILES string of the molecule is CN1C(=O)NC(c2ccccc2Cl)C2=C1CN(CC(=O)NCC1CCCO1)C2=O. The third-order valence-corrected chi connectivity index (χ3v) is 5.88. The van der Waals surface area contributed by atoms with Crippen molar-refractivity contribution in [1.29, 1.82) is 0 Å². The van der Waals surface area contributed by atoms with E-state index >= 15 is 0 Å². The monoisotopic (exact) mass is 418 g/mol. The van der Waals surface area contributed by atoms with Gasteiger partial charge in [0.2, 0.25) is 5.91 Å². The summed E-state index contributed by atoms with van der Waals surface area (Å²) in [5, 5.41) is 6.14. The molecule has 4 amide bonds. The highest BCUT2D eigenvalue weighted by Crippen LogP contribution is 2.37. The van der Waals surface area contributed by atoms with Crippen molar-refractivity contribution < 1.29 is 19.1 Å². The van der Waals surface area contributed by atoms with Gasteiger partial charge in [0.05, 0.1) is 30.0 Å². The topological polar surface area (TPSA) is 91.0 Å². The van der Waals surface area contributed by atoms with Gasteiger partial charge < -0.3 is 20.3 Å². The largest absolute Gasteiger partial charge is 0.376 e. The molecular formula is C20H23ClN4O4. The standard InChI is InChI=1S/C20H23ClN4O4/c1-24-15-10-25(11-16(26)22-9-12-5-4-8-29-12)19(27)17(15)18(23-20(24)28)13-6-2-3-7-14(13)21/h2-3,6-7,12,18H,4-5,8-11H2,1H3,(H,22,26)(H,23,28). The number of rotatable bonds is 5. The number of amides is 4. The summed E-state index contributed by atoms with van der Waals surface area (Å²) in [5.41, 5.74) is 1.70. The molecule has 1 aromatic carbocycles. The van der Waals surface area contributed by atoms with Gasteiger partial charge in [0, 0.05) is 25.2 Å². The van der Waals surface area contributed by atoms with Crippen molar-refractivity contribution in [2.75, 3.05) is 33.3 Å². The van der Waals surface area contributed by atoms with E-state index in [1.807, 2.05) is 6.07 Å². The molecule has 1 fully saturated rings. The Morgan fingerprint density at radius 2 is 2.14 bits per heavy atom. The zero-order valence-electron chi connectivity index (χ0n) is 16.1. The zero-order valence-corrected chi connectivity index (χ0v) is 16.9. The third-order valence-electron chi connectivity index (χ3n) is 5.54. The third kappa shape index (κ3) is 3.82. The number of carbonyl (C=O) groups is 3. The maximum atomic E-state index is 13.1. The average molecular weight is 419 g/mol. The molecule has 2 N–H and O–H groups in total. The fourth-order valence-electron chi connectivity index (χ4n) is 3.96. The van der Waals surface area contributed by atoms with E-state index in [1.165, 1.54) is 9.80 Å². The first-order chi connectivity index (χ1) is 14.0. The summed E-state index contributed by atoms with van der Waals surface area (Å²) in [4.78, 5) is 40.8. The second kappa shape index (κ2) is 8.04. The summed E-state index contributed by atoms with van der Waals surface area (Å²) in [6, 6.07) is 6.15. The van der Waals surface area contributed by atoms with Crippen molar-refractivity contribution in [3.8, 4) is 0 Å². The molecule has 3 aliphatic rings. The molecule has 2 atom stereocenters. The van der Waals surface area contributed by atoms with Gasteiger partial charge in [0.1, 0.15) is 6.54 Å². The maximum absolute atomic E-state index is 13.1. The van der Waals surface area contributed by atoms with Crippen LogP contribution in [0.15, 0.2) is 35.5 Å². The van der Waals surface area contributed by atoms with Gasteiger partial charge >= 0.3 is 6.03 Å². The van der Waals surface area contributed by atoms with Crippen LogP contribution in [0.2, 0.25) is 5.02 Å². The van der Waals surface area contributed by atoms with E-state index in [9.17, 15) is 14.4 Å². The van der Waals surface area contributed by atoms with Gasteiger partial charge in [-0.1, -0.05) is 29.8 Å². The molecule has 9 heteroatoms. The van der Waals surface area contributed by atoms with E-state index in [2.05, 4.69) is 10.6 Å². The molecule has 1 aromatic rings. The number of hydrogen-bond donors (Lipinski definition) is 2. The van der Waals surface area contributed by atoms with Gasteiger partial charge in [0.25, 0.3) is 5.91 Å². The second-order valence-corrected chi connectivity index (χ2v) is 7.83. The van der Waals surface area contributed by atoms with Crippen LogP contribution >= 0.6 is 11.6 Å². The van der Waals surface area contributed by atoms with Gasteiger partial charge in [-0.15, -0.1) is 0 Å². The minimum absolute atomic E-state index is 0.0390. The molecule has 29 heavy (non-hydrogen) atoms.